The smallest absolute Gasteiger partial charge is 0.168 e. The maximum atomic E-state index is 12.6. The Morgan fingerprint density at radius 3 is 2.47 bits per heavy atom. The SMILES string of the molecule is C[C@H]1CCC2C(C)(C)[C@]3(C)CC[C@@]21[C@@H](O)C3=O. The van der Waals surface area contributed by atoms with Crippen LogP contribution in [-0.4, -0.2) is 17.0 Å². The van der Waals surface area contributed by atoms with Crippen LogP contribution >= 0.6 is 0 Å². The molecule has 96 valence electrons. The fourth-order valence-electron chi connectivity index (χ4n) is 5.51. The lowest BCUT2D eigenvalue weighted by Crippen LogP contribution is -2.69. The molecule has 4 saturated carbocycles. The highest BCUT2D eigenvalue weighted by atomic mass is 16.3. The van der Waals surface area contributed by atoms with E-state index in [0.717, 1.165) is 12.8 Å². The number of carbonyl (C=O) groups excluding carboxylic acids is 1. The van der Waals surface area contributed by atoms with Crippen molar-refractivity contribution in [2.24, 2.45) is 28.1 Å². The van der Waals surface area contributed by atoms with E-state index in [1.807, 2.05) is 0 Å². The molecular formula is C15H24O2. The molecule has 1 unspecified atom stereocenters. The lowest BCUT2D eigenvalue weighted by atomic mass is 9.38. The zero-order valence-electron chi connectivity index (χ0n) is 11.4. The normalized spacial score (nSPS) is 56.1. The van der Waals surface area contributed by atoms with Crippen LogP contribution in [0.4, 0.5) is 0 Å². The molecule has 4 fully saturated rings. The van der Waals surface area contributed by atoms with Crippen LogP contribution < -0.4 is 0 Å². The van der Waals surface area contributed by atoms with Gasteiger partial charge in [-0.1, -0.05) is 27.7 Å². The van der Waals surface area contributed by atoms with Gasteiger partial charge >= 0.3 is 0 Å². The van der Waals surface area contributed by atoms with Crippen LogP contribution in [0.2, 0.25) is 0 Å². The molecule has 2 nitrogen and oxygen atoms in total. The molecule has 0 radical (unpaired) electrons. The Morgan fingerprint density at radius 2 is 1.82 bits per heavy atom. The molecule has 5 atom stereocenters. The zero-order valence-corrected chi connectivity index (χ0v) is 11.4. The Balaban J connectivity index is 2.21. The van der Waals surface area contributed by atoms with Crippen LogP contribution in [0, 0.1) is 28.1 Å². The van der Waals surface area contributed by atoms with E-state index < -0.39 is 6.10 Å². The van der Waals surface area contributed by atoms with Crippen LogP contribution in [-0.2, 0) is 4.79 Å². The number of Topliss-reactive ketones (excluding diaryl/α,β-unsaturated/α-hetero) is 1. The first-order valence-corrected chi connectivity index (χ1v) is 7.01. The Morgan fingerprint density at radius 1 is 1.18 bits per heavy atom. The average Bonchev–Trinajstić information content (AvgIpc) is 2.60. The number of aliphatic hydroxyl groups is 1. The third-order valence-electron chi connectivity index (χ3n) is 7.11. The number of rotatable bonds is 0. The zero-order chi connectivity index (χ0) is 12.6. The van der Waals surface area contributed by atoms with Crippen molar-refractivity contribution in [3.63, 3.8) is 0 Å². The molecule has 4 aliphatic rings. The Labute approximate surface area is 104 Å². The molecule has 0 saturated heterocycles. The minimum absolute atomic E-state index is 0.0479. The molecular weight excluding hydrogens is 212 g/mol. The summed E-state index contributed by atoms with van der Waals surface area (Å²) in [5, 5.41) is 10.5. The van der Waals surface area contributed by atoms with Gasteiger partial charge in [0.15, 0.2) is 5.78 Å². The van der Waals surface area contributed by atoms with Crippen molar-refractivity contribution in [1.82, 2.24) is 0 Å². The van der Waals surface area contributed by atoms with Crippen molar-refractivity contribution in [3.05, 3.63) is 0 Å². The van der Waals surface area contributed by atoms with Gasteiger partial charge in [0.25, 0.3) is 0 Å². The maximum absolute atomic E-state index is 12.6. The van der Waals surface area contributed by atoms with Crippen LogP contribution in [0.25, 0.3) is 0 Å². The van der Waals surface area contributed by atoms with Gasteiger partial charge < -0.3 is 5.11 Å². The van der Waals surface area contributed by atoms with Crippen LogP contribution in [0.1, 0.15) is 53.4 Å². The standard InChI is InChI=1S/C15H24O2/c1-9-5-6-10-13(2,3)14(4)7-8-15(9,10)12(17)11(14)16/h9-10,12,17H,5-8H2,1-4H3/t9-,10?,12-,14+,15-/m0/s1. The summed E-state index contributed by atoms with van der Waals surface area (Å²) in [4.78, 5) is 12.6. The topological polar surface area (TPSA) is 37.3 Å². The van der Waals surface area contributed by atoms with E-state index in [1.54, 1.807) is 0 Å². The van der Waals surface area contributed by atoms with E-state index in [0.29, 0.717) is 11.8 Å². The van der Waals surface area contributed by atoms with E-state index in [1.165, 1.54) is 12.8 Å². The van der Waals surface area contributed by atoms with Crippen molar-refractivity contribution < 1.29 is 9.90 Å². The molecule has 2 heteroatoms. The molecule has 0 aromatic rings. The molecule has 0 aromatic carbocycles. The highest BCUT2D eigenvalue weighted by Crippen LogP contribution is 2.72. The van der Waals surface area contributed by atoms with Gasteiger partial charge in [0.2, 0.25) is 0 Å². The molecule has 17 heavy (non-hydrogen) atoms. The van der Waals surface area contributed by atoms with Gasteiger partial charge in [-0.2, -0.15) is 0 Å². The fourth-order valence-corrected chi connectivity index (χ4v) is 5.51. The number of fused-ring (bicyclic) bond motifs is 2. The van der Waals surface area contributed by atoms with Crippen molar-refractivity contribution in [2.45, 2.75) is 59.5 Å². The second-order valence-electron chi connectivity index (χ2n) is 7.46. The third-order valence-corrected chi connectivity index (χ3v) is 7.11. The summed E-state index contributed by atoms with van der Waals surface area (Å²) in [7, 11) is 0. The van der Waals surface area contributed by atoms with E-state index in [9.17, 15) is 9.90 Å². The van der Waals surface area contributed by atoms with Crippen molar-refractivity contribution in [1.29, 1.82) is 0 Å². The quantitative estimate of drug-likeness (QED) is 0.702. The monoisotopic (exact) mass is 236 g/mol. The first-order chi connectivity index (χ1) is 7.78. The number of aliphatic hydroxyl groups excluding tert-OH is 1. The summed E-state index contributed by atoms with van der Waals surface area (Å²) >= 11 is 0. The summed E-state index contributed by atoms with van der Waals surface area (Å²) in [6.45, 7) is 8.84. The Kier molecular flexibility index (Phi) is 2.04. The van der Waals surface area contributed by atoms with E-state index in [-0.39, 0.29) is 22.0 Å². The molecule has 4 rings (SSSR count). The summed E-state index contributed by atoms with van der Waals surface area (Å²) in [5.41, 5.74) is -0.354. The number of carbonyl (C=O) groups is 1. The molecule has 1 spiro atoms. The van der Waals surface area contributed by atoms with E-state index >= 15 is 0 Å². The highest BCUT2D eigenvalue weighted by molar-refractivity contribution is 5.92. The lowest BCUT2D eigenvalue weighted by Gasteiger charge is -2.65. The predicted octanol–water partition coefficient (Wildman–Crippen LogP) is 2.79. The summed E-state index contributed by atoms with van der Waals surface area (Å²) in [5.74, 6) is 1.14. The average molecular weight is 236 g/mol. The molecule has 0 amide bonds. The van der Waals surface area contributed by atoms with Gasteiger partial charge in [0.05, 0.1) is 0 Å². The second kappa shape index (κ2) is 2.96. The second-order valence-corrected chi connectivity index (χ2v) is 7.46. The molecule has 0 heterocycles. The summed E-state index contributed by atoms with van der Waals surface area (Å²) in [6.07, 6.45) is 3.68. The highest BCUT2D eigenvalue weighted by Gasteiger charge is 2.72. The minimum Gasteiger partial charge on any atom is -0.385 e. The molecule has 2 bridgehead atoms. The Bertz CT molecular complexity index is 386. The van der Waals surface area contributed by atoms with Gasteiger partial charge in [0, 0.05) is 10.8 Å². The number of ketones is 1. The summed E-state index contributed by atoms with van der Waals surface area (Å²) in [6, 6.07) is 0. The van der Waals surface area contributed by atoms with Crippen molar-refractivity contribution in [3.8, 4) is 0 Å². The minimum atomic E-state index is -0.697. The first-order valence-electron chi connectivity index (χ1n) is 7.01. The molecule has 0 aliphatic heterocycles. The molecule has 0 aromatic heterocycles. The van der Waals surface area contributed by atoms with Crippen LogP contribution in [0.5, 0.6) is 0 Å². The molecule has 1 N–H and O–H groups in total. The Hall–Kier alpha value is -0.370. The largest absolute Gasteiger partial charge is 0.385 e. The van der Waals surface area contributed by atoms with Crippen molar-refractivity contribution in [2.75, 3.05) is 0 Å². The first kappa shape index (κ1) is 11.7. The predicted molar refractivity (Wildman–Crippen MR) is 66.5 cm³/mol. The maximum Gasteiger partial charge on any atom is 0.168 e. The lowest BCUT2D eigenvalue weighted by molar-refractivity contribution is -0.213. The van der Waals surface area contributed by atoms with Gasteiger partial charge in [-0.15, -0.1) is 0 Å². The van der Waals surface area contributed by atoms with Crippen molar-refractivity contribution >= 4 is 5.78 Å². The van der Waals surface area contributed by atoms with E-state index in [2.05, 4.69) is 27.7 Å². The third kappa shape index (κ3) is 0.973. The van der Waals surface area contributed by atoms with Gasteiger partial charge in [-0.25, -0.2) is 0 Å². The van der Waals surface area contributed by atoms with Gasteiger partial charge in [-0.05, 0) is 42.9 Å². The van der Waals surface area contributed by atoms with E-state index in [4.69, 9.17) is 0 Å². The molecule has 4 aliphatic carbocycles. The number of hydrogen-bond donors (Lipinski definition) is 1. The van der Waals surface area contributed by atoms with Crippen LogP contribution in [0.3, 0.4) is 0 Å². The van der Waals surface area contributed by atoms with Gasteiger partial charge in [0.1, 0.15) is 6.10 Å². The fraction of sp³-hybridized carbons (Fsp3) is 0.933. The number of hydrogen-bond acceptors (Lipinski definition) is 2. The van der Waals surface area contributed by atoms with Crippen LogP contribution in [0.15, 0.2) is 0 Å². The summed E-state index contributed by atoms with van der Waals surface area (Å²) < 4.78 is 0. The van der Waals surface area contributed by atoms with Gasteiger partial charge in [-0.3, -0.25) is 4.79 Å².